The maximum atomic E-state index is 10.6. The Morgan fingerprint density at radius 3 is 2.77 bits per heavy atom. The number of carbonyl (C=O) groups is 1. The maximum Gasteiger partial charge on any atom is 0.358 e. The Morgan fingerprint density at radius 2 is 2.31 bits per heavy atom. The first kappa shape index (κ1) is 9.66. The Balaban J connectivity index is 2.76. The van der Waals surface area contributed by atoms with Crippen LogP contribution in [0.2, 0.25) is 0 Å². The van der Waals surface area contributed by atoms with Gasteiger partial charge in [-0.1, -0.05) is 0 Å². The number of ether oxygens (including phenoxy) is 1. The third-order valence-electron chi connectivity index (χ3n) is 1.52. The highest BCUT2D eigenvalue weighted by atomic mass is 16.5. The molecule has 0 saturated heterocycles. The lowest BCUT2D eigenvalue weighted by Crippen LogP contribution is -2.08. The summed E-state index contributed by atoms with van der Waals surface area (Å²) in [6.45, 7) is 2.54. The summed E-state index contributed by atoms with van der Waals surface area (Å²) in [6, 6.07) is 0. The van der Waals surface area contributed by atoms with E-state index < -0.39 is 5.97 Å². The number of hydrogen-bond acceptors (Lipinski definition) is 4. The average Bonchev–Trinajstić information content (AvgIpc) is 2.43. The van der Waals surface area contributed by atoms with E-state index in [1.54, 1.807) is 14.0 Å². The Kier molecular flexibility index (Phi) is 2.97. The quantitative estimate of drug-likeness (QED) is 0.710. The van der Waals surface area contributed by atoms with Gasteiger partial charge in [0.2, 0.25) is 0 Å². The zero-order chi connectivity index (χ0) is 9.84. The van der Waals surface area contributed by atoms with Crippen LogP contribution in [0.25, 0.3) is 0 Å². The lowest BCUT2D eigenvalue weighted by molar-refractivity contribution is 0.0688. The summed E-state index contributed by atoms with van der Waals surface area (Å²) in [5.41, 5.74) is 0.416. The van der Waals surface area contributed by atoms with Gasteiger partial charge in [-0.15, -0.1) is 5.10 Å². The molecule has 0 radical (unpaired) electrons. The van der Waals surface area contributed by atoms with Crippen LogP contribution in [0.3, 0.4) is 0 Å². The molecule has 1 aromatic heterocycles. The highest BCUT2D eigenvalue weighted by molar-refractivity contribution is 5.86. The highest BCUT2D eigenvalue weighted by Gasteiger charge is 2.13. The molecule has 1 rings (SSSR count). The van der Waals surface area contributed by atoms with Crippen molar-refractivity contribution in [3.8, 4) is 0 Å². The smallest absolute Gasteiger partial charge is 0.358 e. The molecule has 0 aliphatic carbocycles. The zero-order valence-electron chi connectivity index (χ0n) is 7.52. The monoisotopic (exact) mass is 185 g/mol. The van der Waals surface area contributed by atoms with Crippen molar-refractivity contribution in [2.24, 2.45) is 0 Å². The van der Waals surface area contributed by atoms with Gasteiger partial charge in [0.1, 0.15) is 0 Å². The molecule has 0 aliphatic heterocycles. The standard InChI is InChI=1S/C7H11N3O3/c1-5-6(7(11)12)9-10(8-5)3-4-13-2/h3-4H2,1-2H3,(H,11,12). The first-order chi connectivity index (χ1) is 6.15. The van der Waals surface area contributed by atoms with E-state index in [0.29, 0.717) is 18.8 Å². The molecule has 1 N–H and O–H groups in total. The molecule has 0 bridgehead atoms. The van der Waals surface area contributed by atoms with Crippen LogP contribution in [-0.2, 0) is 11.3 Å². The van der Waals surface area contributed by atoms with E-state index in [-0.39, 0.29) is 5.69 Å². The third-order valence-corrected chi connectivity index (χ3v) is 1.52. The van der Waals surface area contributed by atoms with Gasteiger partial charge in [0.15, 0.2) is 5.69 Å². The average molecular weight is 185 g/mol. The van der Waals surface area contributed by atoms with Crippen LogP contribution in [-0.4, -0.2) is 39.8 Å². The summed E-state index contributed by atoms with van der Waals surface area (Å²) in [4.78, 5) is 11.9. The first-order valence-electron chi connectivity index (χ1n) is 3.79. The van der Waals surface area contributed by atoms with Crippen LogP contribution in [0.5, 0.6) is 0 Å². The molecule has 0 spiro atoms. The Hall–Kier alpha value is -1.43. The molecule has 0 fully saturated rings. The number of rotatable bonds is 4. The molecule has 72 valence electrons. The molecular weight excluding hydrogens is 174 g/mol. The fourth-order valence-corrected chi connectivity index (χ4v) is 0.901. The predicted octanol–water partition coefficient (Wildman–Crippen LogP) is -0.0689. The number of aromatic carboxylic acids is 1. The van der Waals surface area contributed by atoms with Crippen molar-refractivity contribution in [1.29, 1.82) is 0 Å². The zero-order valence-corrected chi connectivity index (χ0v) is 7.52. The summed E-state index contributed by atoms with van der Waals surface area (Å²) >= 11 is 0. The van der Waals surface area contributed by atoms with Crippen molar-refractivity contribution < 1.29 is 14.6 Å². The van der Waals surface area contributed by atoms with Crippen molar-refractivity contribution in [3.63, 3.8) is 0 Å². The van der Waals surface area contributed by atoms with Gasteiger partial charge in [0.25, 0.3) is 0 Å². The van der Waals surface area contributed by atoms with Gasteiger partial charge in [0, 0.05) is 7.11 Å². The molecule has 1 heterocycles. The SMILES string of the molecule is COCCn1nc(C)c(C(=O)O)n1. The topological polar surface area (TPSA) is 77.2 Å². The van der Waals surface area contributed by atoms with Crippen LogP contribution in [0.1, 0.15) is 16.2 Å². The van der Waals surface area contributed by atoms with Gasteiger partial charge < -0.3 is 9.84 Å². The van der Waals surface area contributed by atoms with E-state index in [4.69, 9.17) is 9.84 Å². The van der Waals surface area contributed by atoms with Gasteiger partial charge in [-0.05, 0) is 6.92 Å². The van der Waals surface area contributed by atoms with Gasteiger partial charge in [0.05, 0.1) is 18.8 Å². The molecule has 0 atom stereocenters. The van der Waals surface area contributed by atoms with E-state index in [0.717, 1.165) is 0 Å². The lowest BCUT2D eigenvalue weighted by Gasteiger charge is -1.95. The second-order valence-corrected chi connectivity index (χ2v) is 2.53. The first-order valence-corrected chi connectivity index (χ1v) is 3.79. The molecule has 0 aromatic carbocycles. The highest BCUT2D eigenvalue weighted by Crippen LogP contribution is 1.99. The summed E-state index contributed by atoms with van der Waals surface area (Å²) in [5.74, 6) is -1.05. The fourth-order valence-electron chi connectivity index (χ4n) is 0.901. The van der Waals surface area contributed by atoms with E-state index in [2.05, 4.69) is 10.2 Å². The largest absolute Gasteiger partial charge is 0.476 e. The van der Waals surface area contributed by atoms with Gasteiger partial charge >= 0.3 is 5.97 Å². The maximum absolute atomic E-state index is 10.6. The van der Waals surface area contributed by atoms with Crippen molar-refractivity contribution in [3.05, 3.63) is 11.4 Å². The minimum absolute atomic E-state index is 0.00361. The third kappa shape index (κ3) is 2.25. The summed E-state index contributed by atoms with van der Waals surface area (Å²) in [6.07, 6.45) is 0. The predicted molar refractivity (Wildman–Crippen MR) is 43.6 cm³/mol. The molecule has 0 unspecified atom stereocenters. The van der Waals surface area contributed by atoms with Gasteiger partial charge in [-0.25, -0.2) is 4.79 Å². The number of aromatic nitrogens is 3. The molecule has 0 saturated carbocycles. The lowest BCUT2D eigenvalue weighted by atomic mass is 10.4. The van der Waals surface area contributed by atoms with Crippen molar-refractivity contribution in [1.82, 2.24) is 15.0 Å². The number of carboxylic acids is 1. The Morgan fingerprint density at radius 1 is 1.62 bits per heavy atom. The van der Waals surface area contributed by atoms with Crippen LogP contribution in [0.4, 0.5) is 0 Å². The van der Waals surface area contributed by atoms with Gasteiger partial charge in [-0.3, -0.25) is 0 Å². The van der Waals surface area contributed by atoms with Crippen molar-refractivity contribution in [2.45, 2.75) is 13.5 Å². The normalized spacial score (nSPS) is 10.3. The van der Waals surface area contributed by atoms with Crippen LogP contribution >= 0.6 is 0 Å². The molecule has 6 nitrogen and oxygen atoms in total. The molecule has 0 aliphatic rings. The molecule has 0 amide bonds. The van der Waals surface area contributed by atoms with Crippen LogP contribution < -0.4 is 0 Å². The second-order valence-electron chi connectivity index (χ2n) is 2.53. The second kappa shape index (κ2) is 3.99. The van der Waals surface area contributed by atoms with Gasteiger partial charge in [-0.2, -0.15) is 9.90 Å². The number of methoxy groups -OCH3 is 1. The molecular formula is C7H11N3O3. The summed E-state index contributed by atoms with van der Waals surface area (Å²) in [7, 11) is 1.56. The Labute approximate surface area is 75.1 Å². The van der Waals surface area contributed by atoms with E-state index in [9.17, 15) is 4.79 Å². The van der Waals surface area contributed by atoms with E-state index >= 15 is 0 Å². The fraction of sp³-hybridized carbons (Fsp3) is 0.571. The minimum Gasteiger partial charge on any atom is -0.476 e. The van der Waals surface area contributed by atoms with Crippen molar-refractivity contribution >= 4 is 5.97 Å². The van der Waals surface area contributed by atoms with Crippen molar-refractivity contribution in [2.75, 3.05) is 13.7 Å². The number of nitrogens with zero attached hydrogens (tertiary/aromatic N) is 3. The molecule has 6 heteroatoms. The molecule has 1 aromatic rings. The van der Waals surface area contributed by atoms with Crippen LogP contribution in [0.15, 0.2) is 0 Å². The minimum atomic E-state index is -1.05. The van der Waals surface area contributed by atoms with E-state index in [1.807, 2.05) is 0 Å². The van der Waals surface area contributed by atoms with Crippen LogP contribution in [0, 0.1) is 6.92 Å². The van der Waals surface area contributed by atoms with E-state index in [1.165, 1.54) is 4.80 Å². The molecule has 13 heavy (non-hydrogen) atoms. The number of aryl methyl sites for hydroxylation is 1. The number of hydrogen-bond donors (Lipinski definition) is 1. The summed E-state index contributed by atoms with van der Waals surface area (Å²) in [5, 5.41) is 16.3. The summed E-state index contributed by atoms with van der Waals surface area (Å²) < 4.78 is 4.81. The Bertz CT molecular complexity index is 308. The number of carboxylic acid groups (broad SMARTS) is 1.